The number of nitrogens with one attached hydrogen (secondary N) is 1. The second kappa shape index (κ2) is 49.4. The van der Waals surface area contributed by atoms with Crippen molar-refractivity contribution < 1.29 is 202 Å². The fourth-order valence-electron chi connectivity index (χ4n) is 6.25. The topological polar surface area (TPSA) is 204 Å². The molecule has 9 heterocycles. The van der Waals surface area contributed by atoms with Crippen LogP contribution in [0, 0.1) is 56.4 Å². The number of H-pyrrole nitrogens is 1. The zero-order chi connectivity index (χ0) is 65.6. The first-order valence-electron chi connectivity index (χ1n) is 28.4. The van der Waals surface area contributed by atoms with Gasteiger partial charge in [-0.3, -0.25) is 0 Å². The molecule has 18 nitrogen and oxygen atoms in total. The number of hydrogen-bond donors (Lipinski definition) is 1. The van der Waals surface area contributed by atoms with Crippen molar-refractivity contribution in [2.24, 2.45) is 28.2 Å². The molecular formula is C67H103N14O4Re9-9. The molecule has 9 radical (unpaired) electrons. The number of aromatic amines is 1. The van der Waals surface area contributed by atoms with Crippen molar-refractivity contribution in [3.63, 3.8) is 0 Å². The molecule has 0 fully saturated rings. The quantitative estimate of drug-likeness (QED) is 0.141. The number of aryl methyl sites for hydroxylation is 4. The van der Waals surface area contributed by atoms with Crippen LogP contribution in [0.2, 0.25) is 0 Å². The van der Waals surface area contributed by atoms with Gasteiger partial charge in [0.1, 0.15) is 12.8 Å². The van der Waals surface area contributed by atoms with Crippen LogP contribution < -0.4 is 0 Å². The molecule has 0 aliphatic heterocycles. The van der Waals surface area contributed by atoms with Crippen molar-refractivity contribution in [1.82, 2.24) is 69.1 Å². The summed E-state index contributed by atoms with van der Waals surface area (Å²) in [4.78, 5) is 15.6. The van der Waals surface area contributed by atoms with E-state index < -0.39 is 0 Å². The van der Waals surface area contributed by atoms with Gasteiger partial charge in [0, 0.05) is 211 Å². The summed E-state index contributed by atoms with van der Waals surface area (Å²) in [6.07, 6.45) is 35.2. The molecule has 0 bridgehead atoms. The van der Waals surface area contributed by atoms with Crippen molar-refractivity contribution in [2.45, 2.75) is 236 Å². The average Bonchev–Trinajstić information content (AvgIpc) is 1.87. The Labute approximate surface area is 689 Å². The Morgan fingerprint density at radius 3 is 1.15 bits per heavy atom. The molecule has 0 unspecified atom stereocenters. The van der Waals surface area contributed by atoms with Gasteiger partial charge in [-0.15, -0.1) is 60.5 Å². The van der Waals surface area contributed by atoms with Gasteiger partial charge >= 0.3 is 0 Å². The molecule has 9 aromatic rings. The van der Waals surface area contributed by atoms with Gasteiger partial charge in [0.05, 0.1) is 0 Å². The number of hydrogen-bond acceptors (Lipinski definition) is 13. The van der Waals surface area contributed by atoms with E-state index in [0.717, 1.165) is 39.7 Å². The molecule has 0 atom stereocenters. The number of imidazole rings is 2. The minimum Gasteiger partial charge on any atom is -0.581 e. The van der Waals surface area contributed by atoms with E-state index in [9.17, 15) is 0 Å². The average molecular weight is 2840 g/mol. The van der Waals surface area contributed by atoms with Gasteiger partial charge in [-0.05, 0) is 65.2 Å². The fraction of sp³-hybridized carbons (Fsp3) is 0.597. The Balaban J connectivity index is -0.000000122. The Bertz CT molecular complexity index is 2750. The fourth-order valence-corrected chi connectivity index (χ4v) is 6.25. The summed E-state index contributed by atoms with van der Waals surface area (Å²) in [5.41, 5.74) is 8.96. The van der Waals surface area contributed by atoms with Gasteiger partial charge in [-0.1, -0.05) is 232 Å². The third-order valence-electron chi connectivity index (χ3n) is 11.8. The molecule has 0 amide bonds. The van der Waals surface area contributed by atoms with Crippen LogP contribution in [0.3, 0.4) is 0 Å². The van der Waals surface area contributed by atoms with Crippen molar-refractivity contribution in [3.8, 4) is 0 Å². The molecule has 0 aliphatic rings. The van der Waals surface area contributed by atoms with Gasteiger partial charge in [0.15, 0.2) is 0 Å². The molecule has 9 aromatic heterocycles. The van der Waals surface area contributed by atoms with E-state index in [-0.39, 0.29) is 233 Å². The summed E-state index contributed by atoms with van der Waals surface area (Å²) >= 11 is 0. The number of aromatic nitrogens is 14. The van der Waals surface area contributed by atoms with Crippen LogP contribution in [-0.2, 0) is 261 Å². The maximum atomic E-state index is 4.96. The SMILES string of the molecule is CC(C)(C)c1[c-]noc1.CC(C)(C)c1c[c-]n[nH]1.CC(C)(C)c1c[c-]no1.CC(C)(C)c1cn[c-]o1.CC(C)(C)c1co[c-]n1.Cn1[c-]nc(C(C)(C)C)c1.Cn1[c-]ncc1C(C)(C)C.Cn1cc(C(C)(C)C)[c-]n1.Cn1n[c-]cc1C(C)(C)C.[Re].[Re].[Re].[Re].[Re].[Re].[Re].[Re].[Re]. The van der Waals surface area contributed by atoms with E-state index in [2.05, 4.69) is 299 Å². The van der Waals surface area contributed by atoms with Crippen molar-refractivity contribution >= 4 is 0 Å². The van der Waals surface area contributed by atoms with Gasteiger partial charge in [-0.2, -0.15) is 29.3 Å². The predicted molar refractivity (Wildman–Crippen MR) is 335 cm³/mol. The molecular weight excluding hydrogens is 2740 g/mol. The summed E-state index contributed by atoms with van der Waals surface area (Å²) in [7, 11) is 7.75. The standard InChI is InChI=1S/4C8H13N2.C7H11N2.4C7H10NO.9Re/c1-8(2,3)7-5-10(4)6-9-7;1-8(2,3)7-5-9-6-10(7)4;1-8(2,3)7-5-9-10(4)6-7;1-8(2,3)7-5-6-9-10(7)4;1-7(2,3)6-4-5-8-9-6;1-7(2,3)6-4-9-5-8-6;1-7(2,3)6-4-8-5-9-6;1-7(2,3)6-4-8-9-5-6;1-7(2,3)6-4-5-8-9-6;;;;;;;;;/h2*5H,1-4H3;6H,1-4H3;5H,1-4H3;4H,1-3H3,(H,8,9);2*4H,1-3H3;5H,1-3H3;4H,1-3H3;;;;;;;;;/q9*-1;;;;;;;;;. The van der Waals surface area contributed by atoms with E-state index in [0.29, 0.717) is 0 Å². The van der Waals surface area contributed by atoms with Gasteiger partial charge < -0.3 is 76.7 Å². The number of oxazole rings is 2. The number of rotatable bonds is 0. The Morgan fingerprint density at radius 2 is 0.957 bits per heavy atom. The first kappa shape index (κ1) is 111. The smallest absolute Gasteiger partial charge is 0.102 e. The molecule has 27 heteroatoms. The molecule has 9 rings (SSSR count). The largest absolute Gasteiger partial charge is 0.581 e. The van der Waals surface area contributed by atoms with Crippen LogP contribution in [0.25, 0.3) is 0 Å². The first-order valence-corrected chi connectivity index (χ1v) is 28.4. The Morgan fingerprint density at radius 1 is 0.426 bits per heavy atom. The van der Waals surface area contributed by atoms with E-state index in [1.807, 2.05) is 72.7 Å². The Kier molecular flexibility index (Phi) is 58.6. The summed E-state index contributed by atoms with van der Waals surface area (Å²) in [5, 5.41) is 21.5. The minimum atomic E-state index is 0. The second-order valence-corrected chi connectivity index (χ2v) is 29.7. The summed E-state index contributed by atoms with van der Waals surface area (Å²) < 4.78 is 26.6. The van der Waals surface area contributed by atoms with Gasteiger partial charge in [0.2, 0.25) is 0 Å². The maximum absolute atomic E-state index is 4.96. The molecule has 0 spiro atoms. The second-order valence-electron chi connectivity index (χ2n) is 29.7. The molecule has 537 valence electrons. The summed E-state index contributed by atoms with van der Waals surface area (Å²) in [5.74, 6) is 1.75. The molecule has 0 saturated carbocycles. The molecule has 0 saturated heterocycles. The normalized spacial score (nSPS) is 10.8. The van der Waals surface area contributed by atoms with E-state index in [4.69, 9.17) is 13.4 Å². The molecule has 0 aromatic carbocycles. The minimum absolute atomic E-state index is 0. The molecule has 0 aliphatic carbocycles. The first-order chi connectivity index (χ1) is 38.6. The summed E-state index contributed by atoms with van der Waals surface area (Å²) in [6.45, 7) is 57.2. The van der Waals surface area contributed by atoms with Crippen molar-refractivity contribution in [2.75, 3.05) is 0 Å². The monoisotopic (exact) mass is 2850 g/mol. The van der Waals surface area contributed by atoms with E-state index in [1.165, 1.54) is 11.4 Å². The Hall–Kier alpha value is -1.15. The molecule has 1 N–H and O–H groups in total. The van der Waals surface area contributed by atoms with E-state index >= 15 is 0 Å². The van der Waals surface area contributed by atoms with Gasteiger partial charge in [-0.25, -0.2) is 10.3 Å². The summed E-state index contributed by atoms with van der Waals surface area (Å²) in [6, 6.07) is 5.57. The number of nitrogens with zero attached hydrogens (tertiary/aromatic N) is 13. The van der Waals surface area contributed by atoms with Crippen LogP contribution in [-0.4, -0.2) is 69.1 Å². The van der Waals surface area contributed by atoms with E-state index in [1.54, 1.807) is 29.5 Å². The molecule has 94 heavy (non-hydrogen) atoms. The van der Waals surface area contributed by atoms with Crippen LogP contribution in [0.5, 0.6) is 0 Å². The van der Waals surface area contributed by atoms with Crippen LogP contribution in [0.15, 0.2) is 73.4 Å². The maximum Gasteiger partial charge on any atom is 0.102 e. The third-order valence-corrected chi connectivity index (χ3v) is 11.8. The van der Waals surface area contributed by atoms with Crippen molar-refractivity contribution in [1.29, 1.82) is 0 Å². The van der Waals surface area contributed by atoms with Crippen LogP contribution in [0.4, 0.5) is 0 Å². The van der Waals surface area contributed by atoms with Crippen LogP contribution in [0.1, 0.15) is 238 Å². The zero-order valence-corrected chi connectivity index (χ0v) is 85.5. The third kappa shape index (κ3) is 46.3. The predicted octanol–water partition coefficient (Wildman–Crippen LogP) is 14.6. The van der Waals surface area contributed by atoms with Gasteiger partial charge in [0.25, 0.3) is 0 Å². The van der Waals surface area contributed by atoms with Crippen molar-refractivity contribution in [3.05, 3.63) is 163 Å². The van der Waals surface area contributed by atoms with Crippen LogP contribution >= 0.6 is 0 Å². The zero-order valence-electron chi connectivity index (χ0n) is 61.0.